The largest absolute Gasteiger partial charge is 0.363 e. The van der Waals surface area contributed by atoms with Crippen molar-refractivity contribution >= 4 is 22.8 Å². The normalized spacial score (nSPS) is 10.8. The lowest BCUT2D eigenvalue weighted by Gasteiger charge is -2.30. The van der Waals surface area contributed by atoms with Gasteiger partial charge in [-0.2, -0.15) is 0 Å². The zero-order chi connectivity index (χ0) is 14.7. The Morgan fingerprint density at radius 2 is 2.05 bits per heavy atom. The van der Waals surface area contributed by atoms with E-state index in [4.69, 9.17) is 0 Å². The van der Waals surface area contributed by atoms with Gasteiger partial charge in [-0.05, 0) is 44.4 Å². The molecule has 0 spiro atoms. The van der Waals surface area contributed by atoms with Crippen LogP contribution in [0.4, 0.5) is 10.1 Å². The van der Waals surface area contributed by atoms with Crippen LogP contribution in [-0.2, 0) is 6.54 Å². The van der Waals surface area contributed by atoms with Gasteiger partial charge >= 0.3 is 0 Å². The third-order valence-electron chi connectivity index (χ3n) is 3.18. The molecule has 0 saturated heterocycles. The number of benzene rings is 1. The van der Waals surface area contributed by atoms with E-state index in [0.717, 1.165) is 0 Å². The zero-order valence-electron chi connectivity index (χ0n) is 11.9. The summed E-state index contributed by atoms with van der Waals surface area (Å²) in [5.74, 6) is -0.693. The second-order valence-corrected chi connectivity index (χ2v) is 6.02. The van der Waals surface area contributed by atoms with Gasteiger partial charge in [-0.1, -0.05) is 12.1 Å². The van der Waals surface area contributed by atoms with Crippen LogP contribution in [-0.4, -0.2) is 11.8 Å². The Balaban J connectivity index is 2.44. The quantitative estimate of drug-likeness (QED) is 0.756. The topological polar surface area (TPSA) is 20.3 Å². The highest BCUT2D eigenvalue weighted by Gasteiger charge is 2.20. The number of ketones is 1. The van der Waals surface area contributed by atoms with Gasteiger partial charge in [0.2, 0.25) is 0 Å². The average Bonchev–Trinajstić information content (AvgIpc) is 2.87. The summed E-state index contributed by atoms with van der Waals surface area (Å²) in [5.41, 5.74) is 0.846. The molecule has 0 atom stereocenters. The smallest absolute Gasteiger partial charge is 0.164 e. The molecule has 20 heavy (non-hydrogen) atoms. The number of hydrogen-bond acceptors (Lipinski definition) is 3. The molecule has 1 aromatic carbocycles. The van der Waals surface area contributed by atoms with E-state index in [9.17, 15) is 9.18 Å². The van der Waals surface area contributed by atoms with Crippen molar-refractivity contribution in [3.8, 4) is 0 Å². The molecular formula is C16H18FNOS. The van der Waals surface area contributed by atoms with Crippen LogP contribution < -0.4 is 4.90 Å². The molecule has 4 heteroatoms. The summed E-state index contributed by atoms with van der Waals surface area (Å²) in [4.78, 5) is 15.0. The molecule has 0 radical (unpaired) electrons. The maximum Gasteiger partial charge on any atom is 0.164 e. The highest BCUT2D eigenvalue weighted by Crippen LogP contribution is 2.28. The number of hydrogen-bond donors (Lipinski definition) is 0. The van der Waals surface area contributed by atoms with Crippen LogP contribution in [0.2, 0.25) is 0 Å². The van der Waals surface area contributed by atoms with Gasteiger partial charge in [-0.15, -0.1) is 11.3 Å². The van der Waals surface area contributed by atoms with Crippen LogP contribution in [0.3, 0.4) is 0 Å². The van der Waals surface area contributed by atoms with E-state index in [1.807, 2.05) is 37.4 Å². The molecule has 0 saturated carbocycles. The van der Waals surface area contributed by atoms with Crippen molar-refractivity contribution in [1.82, 2.24) is 0 Å². The first kappa shape index (κ1) is 14.7. The minimum absolute atomic E-state index is 0.178. The van der Waals surface area contributed by atoms with Crippen molar-refractivity contribution in [3.05, 3.63) is 52.0 Å². The number of thiophene rings is 1. The van der Waals surface area contributed by atoms with Gasteiger partial charge in [-0.25, -0.2) is 4.39 Å². The third-order valence-corrected chi connectivity index (χ3v) is 4.04. The predicted molar refractivity (Wildman–Crippen MR) is 82.0 cm³/mol. The second kappa shape index (κ2) is 6.18. The van der Waals surface area contributed by atoms with Gasteiger partial charge in [0.15, 0.2) is 5.78 Å². The molecule has 2 nitrogen and oxygen atoms in total. The van der Waals surface area contributed by atoms with E-state index < -0.39 is 5.82 Å². The summed E-state index contributed by atoms with van der Waals surface area (Å²) in [6.45, 7) is 6.18. The first-order valence-electron chi connectivity index (χ1n) is 6.59. The molecule has 1 aromatic heterocycles. The van der Waals surface area contributed by atoms with Crippen molar-refractivity contribution in [1.29, 1.82) is 0 Å². The number of nitrogens with zero attached hydrogens (tertiary/aromatic N) is 1. The first-order chi connectivity index (χ1) is 9.50. The minimum Gasteiger partial charge on any atom is -0.363 e. The third kappa shape index (κ3) is 3.07. The first-order valence-corrected chi connectivity index (χ1v) is 7.47. The molecule has 0 aliphatic heterocycles. The Kier molecular flexibility index (Phi) is 4.55. The van der Waals surface area contributed by atoms with E-state index in [-0.39, 0.29) is 17.4 Å². The molecular weight excluding hydrogens is 273 g/mol. The number of carbonyl (C=O) groups excluding carboxylic acids is 1. The summed E-state index contributed by atoms with van der Waals surface area (Å²) in [5, 5.41) is 2.02. The fourth-order valence-electron chi connectivity index (χ4n) is 2.22. The van der Waals surface area contributed by atoms with Crippen LogP contribution >= 0.6 is 11.3 Å². The van der Waals surface area contributed by atoms with Crippen LogP contribution in [0.5, 0.6) is 0 Å². The predicted octanol–water partition coefficient (Wildman–Crippen LogP) is 4.50. The van der Waals surface area contributed by atoms with E-state index in [0.29, 0.717) is 12.2 Å². The SMILES string of the molecule is CC(=O)c1c(F)cccc1N(Cc1cccs1)C(C)C. The minimum atomic E-state index is -0.452. The van der Waals surface area contributed by atoms with Gasteiger partial charge < -0.3 is 4.90 Å². The summed E-state index contributed by atoms with van der Waals surface area (Å²) >= 11 is 1.66. The summed E-state index contributed by atoms with van der Waals surface area (Å²) < 4.78 is 14.0. The highest BCUT2D eigenvalue weighted by atomic mass is 32.1. The maximum atomic E-state index is 14.0. The molecule has 2 aromatic rings. The van der Waals surface area contributed by atoms with Crippen molar-refractivity contribution in [2.75, 3.05) is 4.90 Å². The van der Waals surface area contributed by atoms with E-state index >= 15 is 0 Å². The molecule has 0 aliphatic carbocycles. The van der Waals surface area contributed by atoms with Gasteiger partial charge in [0.05, 0.1) is 17.8 Å². The standard InChI is InChI=1S/C16H18FNOS/c1-11(2)18(10-13-6-5-9-20-13)15-8-4-7-14(17)16(15)12(3)19/h4-9,11H,10H2,1-3H3. The van der Waals surface area contributed by atoms with Gasteiger partial charge in [-0.3, -0.25) is 4.79 Å². The van der Waals surface area contributed by atoms with Crippen molar-refractivity contribution in [2.45, 2.75) is 33.4 Å². The monoisotopic (exact) mass is 291 g/mol. The number of anilines is 1. The van der Waals surface area contributed by atoms with Gasteiger partial charge in [0.25, 0.3) is 0 Å². The molecule has 2 rings (SSSR count). The zero-order valence-corrected chi connectivity index (χ0v) is 12.7. The molecule has 0 bridgehead atoms. The highest BCUT2D eigenvalue weighted by molar-refractivity contribution is 7.09. The van der Waals surface area contributed by atoms with Crippen molar-refractivity contribution < 1.29 is 9.18 Å². The van der Waals surface area contributed by atoms with Crippen LogP contribution in [0.1, 0.15) is 36.0 Å². The second-order valence-electron chi connectivity index (χ2n) is 4.99. The Bertz CT molecular complexity index is 593. The van der Waals surface area contributed by atoms with Crippen LogP contribution in [0, 0.1) is 5.82 Å². The van der Waals surface area contributed by atoms with Crippen molar-refractivity contribution in [2.24, 2.45) is 0 Å². The fraction of sp³-hybridized carbons (Fsp3) is 0.312. The molecule has 106 valence electrons. The van der Waals surface area contributed by atoms with E-state index in [2.05, 4.69) is 4.90 Å². The Labute approximate surface area is 122 Å². The number of halogens is 1. The maximum absolute atomic E-state index is 14.0. The summed E-state index contributed by atoms with van der Waals surface area (Å²) in [7, 11) is 0. The van der Waals surface area contributed by atoms with Crippen LogP contribution in [0.25, 0.3) is 0 Å². The Morgan fingerprint density at radius 3 is 2.60 bits per heavy atom. The Morgan fingerprint density at radius 1 is 1.30 bits per heavy atom. The van der Waals surface area contributed by atoms with Crippen molar-refractivity contribution in [3.63, 3.8) is 0 Å². The van der Waals surface area contributed by atoms with Gasteiger partial charge in [0, 0.05) is 10.9 Å². The molecule has 0 N–H and O–H groups in total. The summed E-state index contributed by atoms with van der Waals surface area (Å²) in [6.07, 6.45) is 0. The van der Waals surface area contributed by atoms with E-state index in [1.165, 1.54) is 17.9 Å². The van der Waals surface area contributed by atoms with Crippen LogP contribution in [0.15, 0.2) is 35.7 Å². The lowest BCUT2D eigenvalue weighted by atomic mass is 10.1. The molecule has 0 aliphatic rings. The Hall–Kier alpha value is -1.68. The lowest BCUT2D eigenvalue weighted by Crippen LogP contribution is -2.31. The molecule has 1 heterocycles. The van der Waals surface area contributed by atoms with Gasteiger partial charge in [0.1, 0.15) is 5.82 Å². The lowest BCUT2D eigenvalue weighted by molar-refractivity contribution is 0.101. The fourth-order valence-corrected chi connectivity index (χ4v) is 2.92. The molecule has 0 unspecified atom stereocenters. The number of rotatable bonds is 5. The average molecular weight is 291 g/mol. The molecule has 0 fully saturated rings. The van der Waals surface area contributed by atoms with E-state index in [1.54, 1.807) is 17.4 Å². The number of carbonyl (C=O) groups is 1. The summed E-state index contributed by atoms with van der Waals surface area (Å²) in [6, 6.07) is 9.03. The number of Topliss-reactive ketones (excluding diaryl/α,β-unsaturated/α-hetero) is 1. The molecule has 0 amide bonds.